The molecule has 9 heteroatoms. The van der Waals surface area contributed by atoms with E-state index in [0.717, 1.165) is 16.9 Å². The number of thioether (sulfide) groups is 1. The first-order valence-electron chi connectivity index (χ1n) is 8.52. The summed E-state index contributed by atoms with van der Waals surface area (Å²) >= 11 is 7.35. The minimum Gasteiger partial charge on any atom is -0.497 e. The van der Waals surface area contributed by atoms with Crippen molar-refractivity contribution in [2.24, 2.45) is 0 Å². The fraction of sp³-hybridized carbons (Fsp3) is 0.211. The first-order chi connectivity index (χ1) is 13.5. The second-order valence-electron chi connectivity index (χ2n) is 5.97. The number of halogens is 1. The van der Waals surface area contributed by atoms with Crippen molar-refractivity contribution in [1.82, 2.24) is 20.2 Å². The molecule has 7 nitrogen and oxygen atoms in total. The van der Waals surface area contributed by atoms with E-state index in [-0.39, 0.29) is 5.91 Å². The van der Waals surface area contributed by atoms with Gasteiger partial charge < -0.3 is 15.9 Å². The van der Waals surface area contributed by atoms with Gasteiger partial charge in [-0.15, -0.1) is 10.2 Å². The Morgan fingerprint density at radius 2 is 1.96 bits per heavy atom. The number of ether oxygens (including phenoxy) is 1. The zero-order chi connectivity index (χ0) is 20.1. The van der Waals surface area contributed by atoms with Gasteiger partial charge in [0.15, 0.2) is 5.82 Å². The Balaban J connectivity index is 1.63. The third-order valence-electron chi connectivity index (χ3n) is 4.08. The summed E-state index contributed by atoms with van der Waals surface area (Å²) in [6, 6.07) is 14.7. The fourth-order valence-electron chi connectivity index (χ4n) is 2.47. The van der Waals surface area contributed by atoms with E-state index in [1.807, 2.05) is 42.5 Å². The number of carbonyl (C=O) groups is 1. The molecule has 1 heterocycles. The molecule has 0 unspecified atom stereocenters. The summed E-state index contributed by atoms with van der Waals surface area (Å²) < 4.78 is 6.53. The summed E-state index contributed by atoms with van der Waals surface area (Å²) in [5, 5.41) is 11.8. The van der Waals surface area contributed by atoms with E-state index in [1.54, 1.807) is 20.1 Å². The number of benzene rings is 2. The van der Waals surface area contributed by atoms with Gasteiger partial charge in [-0.3, -0.25) is 4.79 Å². The molecule has 1 amide bonds. The van der Waals surface area contributed by atoms with Crippen LogP contribution in [-0.4, -0.2) is 33.1 Å². The lowest BCUT2D eigenvalue weighted by Crippen LogP contribution is -2.31. The summed E-state index contributed by atoms with van der Waals surface area (Å²) in [5.41, 5.74) is 1.66. The van der Waals surface area contributed by atoms with Gasteiger partial charge in [0.2, 0.25) is 11.1 Å². The second-order valence-corrected chi connectivity index (χ2v) is 7.69. The molecule has 0 saturated carbocycles. The number of amides is 1. The van der Waals surface area contributed by atoms with Crippen LogP contribution < -0.4 is 15.9 Å². The number of hydrogen-bond donors (Lipinski definition) is 2. The fourth-order valence-corrected chi connectivity index (χ4v) is 3.47. The zero-order valence-electron chi connectivity index (χ0n) is 15.4. The first kappa shape index (κ1) is 20.0. The van der Waals surface area contributed by atoms with Crippen LogP contribution in [0.25, 0.3) is 11.4 Å². The second kappa shape index (κ2) is 8.99. The molecule has 0 aliphatic heterocycles. The number of aromatic nitrogens is 3. The highest BCUT2D eigenvalue weighted by molar-refractivity contribution is 8.00. The van der Waals surface area contributed by atoms with E-state index in [4.69, 9.17) is 22.2 Å². The third-order valence-corrected chi connectivity index (χ3v) is 5.50. The number of rotatable bonds is 7. The van der Waals surface area contributed by atoms with E-state index in [0.29, 0.717) is 22.5 Å². The van der Waals surface area contributed by atoms with E-state index >= 15 is 0 Å². The molecule has 0 aliphatic carbocycles. The molecule has 28 heavy (non-hydrogen) atoms. The van der Waals surface area contributed by atoms with E-state index in [1.165, 1.54) is 16.4 Å². The number of carbonyl (C=O) groups excluding carboxylic acids is 1. The average Bonchev–Trinajstić information content (AvgIpc) is 3.07. The van der Waals surface area contributed by atoms with Crippen molar-refractivity contribution in [3.05, 3.63) is 59.1 Å². The minimum absolute atomic E-state index is 0.140. The smallest absolute Gasteiger partial charge is 0.233 e. The molecule has 2 aromatic carbocycles. The van der Waals surface area contributed by atoms with Gasteiger partial charge in [-0.2, -0.15) is 0 Å². The van der Waals surface area contributed by atoms with Crippen LogP contribution in [0.3, 0.4) is 0 Å². The van der Waals surface area contributed by atoms with E-state index in [2.05, 4.69) is 15.5 Å². The minimum atomic E-state index is -0.405. The molecule has 3 rings (SSSR count). The van der Waals surface area contributed by atoms with Crippen LogP contribution in [-0.2, 0) is 11.3 Å². The van der Waals surface area contributed by atoms with Crippen molar-refractivity contribution in [3.8, 4) is 17.1 Å². The number of nitrogens with one attached hydrogen (secondary N) is 1. The molecule has 3 N–H and O–H groups in total. The zero-order valence-corrected chi connectivity index (χ0v) is 17.0. The normalized spacial score (nSPS) is 11.8. The molecule has 0 spiro atoms. The quantitative estimate of drug-likeness (QED) is 0.453. The van der Waals surface area contributed by atoms with Crippen LogP contribution in [0.4, 0.5) is 0 Å². The van der Waals surface area contributed by atoms with Gasteiger partial charge in [-0.05, 0) is 42.8 Å². The van der Waals surface area contributed by atoms with Gasteiger partial charge in [0.25, 0.3) is 0 Å². The summed E-state index contributed by atoms with van der Waals surface area (Å²) in [7, 11) is 1.60. The Morgan fingerprint density at radius 1 is 1.25 bits per heavy atom. The van der Waals surface area contributed by atoms with Crippen LogP contribution in [0.5, 0.6) is 5.75 Å². The predicted molar refractivity (Wildman–Crippen MR) is 111 cm³/mol. The lowest BCUT2D eigenvalue weighted by atomic mass is 10.2. The number of hydrogen-bond acceptors (Lipinski definition) is 6. The molecule has 1 aromatic heterocycles. The van der Waals surface area contributed by atoms with Gasteiger partial charge in [-0.25, -0.2) is 4.68 Å². The molecule has 0 aliphatic rings. The largest absolute Gasteiger partial charge is 0.497 e. The van der Waals surface area contributed by atoms with E-state index in [9.17, 15) is 4.79 Å². The van der Waals surface area contributed by atoms with Crippen molar-refractivity contribution in [3.63, 3.8) is 0 Å². The molecule has 146 valence electrons. The van der Waals surface area contributed by atoms with Crippen LogP contribution in [0.15, 0.2) is 53.7 Å². The third kappa shape index (κ3) is 4.58. The van der Waals surface area contributed by atoms with Gasteiger partial charge in [0, 0.05) is 17.1 Å². The van der Waals surface area contributed by atoms with Crippen LogP contribution in [0.1, 0.15) is 12.5 Å². The number of nitrogen functional groups attached to an aromatic ring is 1. The van der Waals surface area contributed by atoms with Crippen LogP contribution in [0, 0.1) is 0 Å². The van der Waals surface area contributed by atoms with Crippen molar-refractivity contribution in [2.45, 2.75) is 23.9 Å². The maximum atomic E-state index is 12.4. The van der Waals surface area contributed by atoms with E-state index < -0.39 is 5.25 Å². The Bertz CT molecular complexity index is 961. The Morgan fingerprint density at radius 3 is 2.64 bits per heavy atom. The van der Waals surface area contributed by atoms with Crippen molar-refractivity contribution in [2.75, 3.05) is 13.0 Å². The summed E-state index contributed by atoms with van der Waals surface area (Å²) in [6.45, 7) is 2.14. The van der Waals surface area contributed by atoms with Gasteiger partial charge in [0.1, 0.15) is 5.75 Å². The predicted octanol–water partition coefficient (Wildman–Crippen LogP) is 3.12. The average molecular weight is 418 g/mol. The Kier molecular flexibility index (Phi) is 6.43. The Hall–Kier alpha value is -2.71. The van der Waals surface area contributed by atoms with Crippen LogP contribution >= 0.6 is 23.4 Å². The SMILES string of the molecule is COc1ccc(-c2nnc(S[C@H](C)C(=O)NCc3ccccc3Cl)n2N)cc1. The monoisotopic (exact) mass is 417 g/mol. The van der Waals surface area contributed by atoms with Crippen molar-refractivity contribution >= 4 is 29.3 Å². The van der Waals surface area contributed by atoms with Gasteiger partial charge >= 0.3 is 0 Å². The topological polar surface area (TPSA) is 95.1 Å². The highest BCUT2D eigenvalue weighted by atomic mass is 35.5. The van der Waals surface area contributed by atoms with Crippen LogP contribution in [0.2, 0.25) is 5.02 Å². The summed E-state index contributed by atoms with van der Waals surface area (Å²) in [5.74, 6) is 7.24. The highest BCUT2D eigenvalue weighted by Crippen LogP contribution is 2.26. The molecule has 0 saturated heterocycles. The van der Waals surface area contributed by atoms with Gasteiger partial charge in [0.05, 0.1) is 12.4 Å². The molecular weight excluding hydrogens is 398 g/mol. The Labute approximate surface area is 172 Å². The maximum absolute atomic E-state index is 12.4. The maximum Gasteiger partial charge on any atom is 0.233 e. The molecule has 3 aromatic rings. The number of nitrogens with two attached hydrogens (primary N) is 1. The summed E-state index contributed by atoms with van der Waals surface area (Å²) in [4.78, 5) is 12.4. The van der Waals surface area contributed by atoms with Crippen molar-refractivity contribution < 1.29 is 9.53 Å². The molecule has 0 fully saturated rings. The first-order valence-corrected chi connectivity index (χ1v) is 9.78. The van der Waals surface area contributed by atoms with Gasteiger partial charge in [-0.1, -0.05) is 41.6 Å². The molecule has 0 bridgehead atoms. The lowest BCUT2D eigenvalue weighted by Gasteiger charge is -2.12. The molecule has 1 atom stereocenters. The highest BCUT2D eigenvalue weighted by Gasteiger charge is 2.20. The summed E-state index contributed by atoms with van der Waals surface area (Å²) in [6.07, 6.45) is 0. The number of methoxy groups -OCH3 is 1. The van der Waals surface area contributed by atoms with Crippen molar-refractivity contribution in [1.29, 1.82) is 0 Å². The number of nitrogens with zero attached hydrogens (tertiary/aromatic N) is 3. The molecular formula is C19H20ClN5O2S. The standard InChI is InChI=1S/C19H20ClN5O2S/c1-12(18(26)22-11-14-5-3-4-6-16(14)20)28-19-24-23-17(25(19)21)13-7-9-15(27-2)10-8-13/h3-10,12H,11,21H2,1-2H3,(H,22,26)/t12-/m1/s1. The lowest BCUT2D eigenvalue weighted by molar-refractivity contribution is -0.120. The molecule has 0 radical (unpaired) electrons.